The van der Waals surface area contributed by atoms with Gasteiger partial charge in [0, 0.05) is 29.2 Å². The molecule has 7 heteroatoms. The summed E-state index contributed by atoms with van der Waals surface area (Å²) < 4.78 is 5.83. The number of hydrogen-bond donors (Lipinski definition) is 1. The van der Waals surface area contributed by atoms with Crippen molar-refractivity contribution >= 4 is 5.69 Å². The van der Waals surface area contributed by atoms with Crippen LogP contribution in [0, 0.1) is 16.0 Å². The summed E-state index contributed by atoms with van der Waals surface area (Å²) in [5.74, 6) is 1.33. The number of benzene rings is 2. The van der Waals surface area contributed by atoms with Crippen molar-refractivity contribution in [3.63, 3.8) is 0 Å². The zero-order valence-electron chi connectivity index (χ0n) is 15.6. The van der Waals surface area contributed by atoms with Gasteiger partial charge < -0.3 is 9.73 Å². The highest BCUT2D eigenvalue weighted by atomic mass is 16.6. The minimum Gasteiger partial charge on any atom is -0.415 e. The lowest BCUT2D eigenvalue weighted by atomic mass is 9.95. The van der Waals surface area contributed by atoms with Crippen LogP contribution in [-0.2, 0) is 0 Å². The number of quaternary nitrogens is 1. The van der Waals surface area contributed by atoms with Gasteiger partial charge in [-0.25, -0.2) is 0 Å². The number of hydrogen-bond acceptors (Lipinski definition) is 5. The maximum atomic E-state index is 10.8. The van der Waals surface area contributed by atoms with Gasteiger partial charge in [0.1, 0.15) is 6.04 Å². The highest BCUT2D eigenvalue weighted by Gasteiger charge is 2.26. The number of non-ortho nitro benzene ring substituents is 1. The van der Waals surface area contributed by atoms with Crippen LogP contribution in [0.2, 0.25) is 0 Å². The highest BCUT2D eigenvalue weighted by molar-refractivity contribution is 5.55. The number of nitrogens with zero attached hydrogens (tertiary/aromatic N) is 3. The lowest BCUT2D eigenvalue weighted by Crippen LogP contribution is -2.86. The third kappa shape index (κ3) is 4.38. The molecular weight excluding hydrogens is 344 g/mol. The first kappa shape index (κ1) is 18.7. The van der Waals surface area contributed by atoms with Gasteiger partial charge in [-0.2, -0.15) is 0 Å². The van der Waals surface area contributed by atoms with E-state index in [1.54, 1.807) is 12.1 Å². The van der Waals surface area contributed by atoms with Crippen LogP contribution >= 0.6 is 0 Å². The average molecular weight is 367 g/mol. The summed E-state index contributed by atoms with van der Waals surface area (Å²) >= 11 is 0. The maximum absolute atomic E-state index is 10.8. The molecule has 1 heterocycles. The second-order valence-electron chi connectivity index (χ2n) is 6.91. The van der Waals surface area contributed by atoms with Crippen LogP contribution in [0.25, 0.3) is 11.5 Å². The normalized spacial score (nSPS) is 13.5. The molecule has 0 saturated carbocycles. The van der Waals surface area contributed by atoms with E-state index in [0.717, 1.165) is 0 Å². The monoisotopic (exact) mass is 367 g/mol. The first-order chi connectivity index (χ1) is 13.0. The van der Waals surface area contributed by atoms with Crippen LogP contribution in [0.15, 0.2) is 59.0 Å². The fourth-order valence-corrected chi connectivity index (χ4v) is 3.05. The van der Waals surface area contributed by atoms with Gasteiger partial charge in [0.25, 0.3) is 11.6 Å². The van der Waals surface area contributed by atoms with Gasteiger partial charge in [0.2, 0.25) is 5.89 Å². The van der Waals surface area contributed by atoms with Crippen molar-refractivity contribution in [1.82, 2.24) is 10.2 Å². The topological polar surface area (TPSA) is 98.7 Å². The van der Waals surface area contributed by atoms with E-state index in [1.165, 1.54) is 17.7 Å². The van der Waals surface area contributed by atoms with Crippen LogP contribution in [0.1, 0.15) is 44.3 Å². The molecule has 7 nitrogen and oxygen atoms in total. The van der Waals surface area contributed by atoms with Crippen LogP contribution in [0.4, 0.5) is 5.69 Å². The molecule has 0 unspecified atom stereocenters. The van der Waals surface area contributed by atoms with E-state index in [9.17, 15) is 10.1 Å². The summed E-state index contributed by atoms with van der Waals surface area (Å²) in [6, 6.07) is 16.7. The van der Waals surface area contributed by atoms with Crippen molar-refractivity contribution in [1.29, 1.82) is 0 Å². The Hall–Kier alpha value is -3.06. The summed E-state index contributed by atoms with van der Waals surface area (Å²) in [5, 5.41) is 21.3. The molecule has 2 atom stereocenters. The van der Waals surface area contributed by atoms with Gasteiger partial charge in [-0.1, -0.05) is 44.2 Å². The molecule has 0 saturated heterocycles. The van der Waals surface area contributed by atoms with Crippen LogP contribution in [-0.4, -0.2) is 15.1 Å². The second kappa shape index (κ2) is 8.09. The van der Waals surface area contributed by atoms with Crippen LogP contribution < -0.4 is 5.32 Å². The Morgan fingerprint density at radius 1 is 1.00 bits per heavy atom. The first-order valence-corrected chi connectivity index (χ1v) is 8.94. The molecule has 0 aliphatic carbocycles. The van der Waals surface area contributed by atoms with Gasteiger partial charge in [-0.15, -0.1) is 10.2 Å². The fourth-order valence-electron chi connectivity index (χ4n) is 3.05. The maximum Gasteiger partial charge on any atom is 0.274 e. The average Bonchev–Trinajstić information content (AvgIpc) is 3.17. The largest absolute Gasteiger partial charge is 0.415 e. The summed E-state index contributed by atoms with van der Waals surface area (Å²) in [7, 11) is 0. The molecule has 1 aromatic heterocycles. The van der Waals surface area contributed by atoms with E-state index >= 15 is 0 Å². The Labute approximate surface area is 157 Å². The molecule has 3 rings (SSSR count). The predicted molar refractivity (Wildman–Crippen MR) is 101 cm³/mol. The molecule has 0 radical (unpaired) electrons. The zero-order chi connectivity index (χ0) is 19.4. The Balaban J connectivity index is 1.76. The SMILES string of the molecule is CC(C)[C@@H]([NH2+][C@@H](C)c1nnc(-c2ccc([N+](=O)[O-])cc2)o1)c1ccccc1. The van der Waals surface area contributed by atoms with E-state index in [2.05, 4.69) is 41.5 Å². The van der Waals surface area contributed by atoms with Crippen molar-refractivity contribution in [3.8, 4) is 11.5 Å². The summed E-state index contributed by atoms with van der Waals surface area (Å²) in [6.45, 7) is 6.42. The third-order valence-corrected chi connectivity index (χ3v) is 4.55. The van der Waals surface area contributed by atoms with Gasteiger partial charge in [0.15, 0.2) is 6.04 Å². The fraction of sp³-hybridized carbons (Fsp3) is 0.300. The molecule has 0 spiro atoms. The van der Waals surface area contributed by atoms with E-state index in [1.807, 2.05) is 25.1 Å². The predicted octanol–water partition coefficient (Wildman–Crippen LogP) is 3.67. The van der Waals surface area contributed by atoms with Crippen LogP contribution in [0.3, 0.4) is 0 Å². The molecule has 0 aliphatic heterocycles. The first-order valence-electron chi connectivity index (χ1n) is 8.94. The van der Waals surface area contributed by atoms with Crippen molar-refractivity contribution in [2.45, 2.75) is 32.9 Å². The van der Waals surface area contributed by atoms with Gasteiger partial charge in [-0.05, 0) is 19.1 Å². The Kier molecular flexibility index (Phi) is 5.61. The van der Waals surface area contributed by atoms with Crippen molar-refractivity contribution in [3.05, 3.63) is 76.2 Å². The van der Waals surface area contributed by atoms with Crippen molar-refractivity contribution in [2.24, 2.45) is 5.92 Å². The molecule has 27 heavy (non-hydrogen) atoms. The summed E-state index contributed by atoms with van der Waals surface area (Å²) in [5.41, 5.74) is 1.95. The molecule has 0 amide bonds. The number of aromatic nitrogens is 2. The van der Waals surface area contributed by atoms with Crippen LogP contribution in [0.5, 0.6) is 0 Å². The minimum absolute atomic E-state index is 0.0168. The Bertz CT molecular complexity index is 891. The molecule has 0 bridgehead atoms. The van der Waals surface area contributed by atoms with E-state index in [-0.39, 0.29) is 17.8 Å². The number of nitro groups is 1. The number of nitro benzene ring substituents is 1. The quantitative estimate of drug-likeness (QED) is 0.507. The van der Waals surface area contributed by atoms with E-state index in [4.69, 9.17) is 4.42 Å². The molecule has 140 valence electrons. The molecule has 0 aliphatic rings. The highest BCUT2D eigenvalue weighted by Crippen LogP contribution is 2.23. The van der Waals surface area contributed by atoms with E-state index < -0.39 is 4.92 Å². The third-order valence-electron chi connectivity index (χ3n) is 4.55. The lowest BCUT2D eigenvalue weighted by Gasteiger charge is -2.22. The second-order valence-corrected chi connectivity index (χ2v) is 6.91. The lowest BCUT2D eigenvalue weighted by molar-refractivity contribution is -0.739. The minimum atomic E-state index is -0.435. The van der Waals surface area contributed by atoms with Gasteiger partial charge in [-0.3, -0.25) is 10.1 Å². The molecule has 2 N–H and O–H groups in total. The Morgan fingerprint density at radius 2 is 1.67 bits per heavy atom. The zero-order valence-corrected chi connectivity index (χ0v) is 15.6. The summed E-state index contributed by atoms with van der Waals surface area (Å²) in [4.78, 5) is 10.3. The summed E-state index contributed by atoms with van der Waals surface area (Å²) in [6.07, 6.45) is 0. The molecule has 0 fully saturated rings. The Morgan fingerprint density at radius 3 is 2.26 bits per heavy atom. The van der Waals surface area contributed by atoms with Gasteiger partial charge >= 0.3 is 0 Å². The molecular formula is C20H23N4O3+. The standard InChI is InChI=1S/C20H22N4O3/c1-13(2)18(15-7-5-4-6-8-15)21-14(3)19-22-23-20(27-19)16-9-11-17(12-10-16)24(25)26/h4-14,18,21H,1-3H3/p+1/t14-,18+/m0/s1. The smallest absolute Gasteiger partial charge is 0.274 e. The van der Waals surface area contributed by atoms with Gasteiger partial charge in [0.05, 0.1) is 4.92 Å². The molecule has 3 aromatic rings. The number of rotatable bonds is 7. The van der Waals surface area contributed by atoms with E-state index in [0.29, 0.717) is 23.3 Å². The number of nitrogens with two attached hydrogens (primary N) is 1. The van der Waals surface area contributed by atoms with Crippen molar-refractivity contribution in [2.75, 3.05) is 0 Å². The van der Waals surface area contributed by atoms with Crippen molar-refractivity contribution < 1.29 is 14.7 Å². The molecule has 2 aromatic carbocycles.